The van der Waals surface area contributed by atoms with Gasteiger partial charge in [-0.15, -0.1) is 0 Å². The van der Waals surface area contributed by atoms with Crippen LogP contribution in [0.1, 0.15) is 25.1 Å². The van der Waals surface area contributed by atoms with E-state index in [0.29, 0.717) is 5.92 Å². The Labute approximate surface area is 107 Å². The molecule has 96 valence electrons. The van der Waals surface area contributed by atoms with Crippen molar-refractivity contribution in [2.45, 2.75) is 27.3 Å². The first-order valence-electron chi connectivity index (χ1n) is 6.18. The minimum Gasteiger partial charge on any atom is -0.311 e. The lowest BCUT2D eigenvalue weighted by molar-refractivity contribution is 0.547. The third kappa shape index (κ3) is 3.37. The van der Waals surface area contributed by atoms with Crippen molar-refractivity contribution in [2.24, 2.45) is 5.92 Å². The van der Waals surface area contributed by atoms with Crippen molar-refractivity contribution in [3.63, 3.8) is 0 Å². The van der Waals surface area contributed by atoms with E-state index in [1.165, 1.54) is 0 Å². The minimum atomic E-state index is 0.643. The maximum Gasteiger partial charge on any atom is 0.171 e. The van der Waals surface area contributed by atoms with Crippen LogP contribution in [0.3, 0.4) is 0 Å². The molecule has 0 aliphatic rings. The number of aromatic nitrogens is 4. The summed E-state index contributed by atoms with van der Waals surface area (Å²) in [6.45, 7) is 8.11. The molecule has 1 N–H and O–H groups in total. The van der Waals surface area contributed by atoms with Gasteiger partial charge in [-0.1, -0.05) is 13.8 Å². The molecule has 2 aromatic rings. The molecule has 0 unspecified atom stereocenters. The fraction of sp³-hybridized carbons (Fsp3) is 0.462. The molecule has 0 fully saturated rings. The summed E-state index contributed by atoms with van der Waals surface area (Å²) in [5, 5.41) is 7.54. The van der Waals surface area contributed by atoms with Crippen LogP contribution in [0.2, 0.25) is 0 Å². The topological polar surface area (TPSA) is 55.6 Å². The molecule has 2 heterocycles. The second kappa shape index (κ2) is 5.73. The van der Waals surface area contributed by atoms with Gasteiger partial charge in [0.15, 0.2) is 5.82 Å². The van der Waals surface area contributed by atoms with E-state index >= 15 is 0 Å². The monoisotopic (exact) mass is 245 g/mol. The molecule has 0 aliphatic carbocycles. The second-order valence-corrected chi connectivity index (χ2v) is 4.85. The predicted octanol–water partition coefficient (Wildman–Crippen LogP) is 1.72. The zero-order valence-corrected chi connectivity index (χ0v) is 11.1. The zero-order chi connectivity index (χ0) is 13.0. The second-order valence-electron chi connectivity index (χ2n) is 4.85. The molecule has 5 nitrogen and oxygen atoms in total. The Morgan fingerprint density at radius 2 is 2.06 bits per heavy atom. The zero-order valence-electron chi connectivity index (χ0n) is 11.1. The van der Waals surface area contributed by atoms with Gasteiger partial charge in [-0.25, -0.2) is 9.67 Å². The first-order chi connectivity index (χ1) is 8.65. The van der Waals surface area contributed by atoms with Crippen LogP contribution in [0.25, 0.3) is 5.82 Å². The van der Waals surface area contributed by atoms with E-state index in [1.807, 2.05) is 13.1 Å². The molecule has 2 rings (SSSR count). The molecule has 0 saturated heterocycles. The van der Waals surface area contributed by atoms with Gasteiger partial charge < -0.3 is 5.32 Å². The fourth-order valence-corrected chi connectivity index (χ4v) is 1.58. The molecule has 0 aliphatic heterocycles. The molecular formula is C13H19N5. The summed E-state index contributed by atoms with van der Waals surface area (Å²) in [4.78, 5) is 8.73. The van der Waals surface area contributed by atoms with Gasteiger partial charge in [0.25, 0.3) is 0 Å². The Morgan fingerprint density at radius 3 is 2.61 bits per heavy atom. The smallest absolute Gasteiger partial charge is 0.171 e. The highest BCUT2D eigenvalue weighted by molar-refractivity contribution is 5.19. The maximum absolute atomic E-state index is 4.38. The third-order valence-corrected chi connectivity index (χ3v) is 2.50. The average molecular weight is 245 g/mol. The van der Waals surface area contributed by atoms with Crippen LogP contribution in [0.15, 0.2) is 24.8 Å². The summed E-state index contributed by atoms with van der Waals surface area (Å²) in [5.41, 5.74) is 2.06. The first-order valence-corrected chi connectivity index (χ1v) is 6.18. The Kier molecular flexibility index (Phi) is 4.04. The summed E-state index contributed by atoms with van der Waals surface area (Å²) in [5.74, 6) is 1.39. The van der Waals surface area contributed by atoms with Crippen LogP contribution in [-0.2, 0) is 6.54 Å². The molecule has 0 aromatic carbocycles. The predicted molar refractivity (Wildman–Crippen MR) is 70.4 cm³/mol. The number of rotatable bonds is 5. The van der Waals surface area contributed by atoms with Crippen LogP contribution >= 0.6 is 0 Å². The van der Waals surface area contributed by atoms with E-state index in [0.717, 1.165) is 30.2 Å². The normalized spacial score (nSPS) is 11.1. The summed E-state index contributed by atoms with van der Waals surface area (Å²) in [6.07, 6.45) is 7.28. The van der Waals surface area contributed by atoms with Crippen molar-refractivity contribution in [1.82, 2.24) is 25.1 Å². The highest BCUT2D eigenvalue weighted by atomic mass is 15.3. The molecule has 0 saturated carbocycles. The molecule has 0 amide bonds. The van der Waals surface area contributed by atoms with E-state index < -0.39 is 0 Å². The molecule has 18 heavy (non-hydrogen) atoms. The van der Waals surface area contributed by atoms with Crippen molar-refractivity contribution >= 4 is 0 Å². The van der Waals surface area contributed by atoms with E-state index in [-0.39, 0.29) is 0 Å². The summed E-state index contributed by atoms with van der Waals surface area (Å²) in [6, 6.07) is 0. The number of nitrogens with one attached hydrogen (secondary N) is 1. The fourth-order valence-electron chi connectivity index (χ4n) is 1.58. The summed E-state index contributed by atoms with van der Waals surface area (Å²) < 4.78 is 1.73. The van der Waals surface area contributed by atoms with Crippen LogP contribution in [0.5, 0.6) is 0 Å². The number of hydrogen-bond donors (Lipinski definition) is 1. The lowest BCUT2D eigenvalue weighted by atomic mass is 10.2. The van der Waals surface area contributed by atoms with E-state index in [9.17, 15) is 0 Å². The van der Waals surface area contributed by atoms with Crippen LogP contribution in [0, 0.1) is 12.8 Å². The lowest BCUT2D eigenvalue weighted by Crippen LogP contribution is -2.19. The average Bonchev–Trinajstić information content (AvgIpc) is 2.76. The highest BCUT2D eigenvalue weighted by Crippen LogP contribution is 2.03. The molecule has 0 bridgehead atoms. The third-order valence-electron chi connectivity index (χ3n) is 2.50. The van der Waals surface area contributed by atoms with Crippen molar-refractivity contribution in [2.75, 3.05) is 6.54 Å². The van der Waals surface area contributed by atoms with Crippen molar-refractivity contribution < 1.29 is 0 Å². The summed E-state index contributed by atoms with van der Waals surface area (Å²) >= 11 is 0. The molecule has 0 atom stereocenters. The van der Waals surface area contributed by atoms with E-state index in [1.54, 1.807) is 23.3 Å². The van der Waals surface area contributed by atoms with Gasteiger partial charge in [0.2, 0.25) is 0 Å². The van der Waals surface area contributed by atoms with Gasteiger partial charge in [0.1, 0.15) is 0 Å². The van der Waals surface area contributed by atoms with Gasteiger partial charge >= 0.3 is 0 Å². The molecule has 2 aromatic heterocycles. The van der Waals surface area contributed by atoms with Gasteiger partial charge in [0.05, 0.1) is 24.3 Å². The van der Waals surface area contributed by atoms with Crippen LogP contribution in [-0.4, -0.2) is 26.3 Å². The quantitative estimate of drug-likeness (QED) is 0.871. The van der Waals surface area contributed by atoms with Gasteiger partial charge in [-0.2, -0.15) is 5.10 Å². The Balaban J connectivity index is 1.97. The van der Waals surface area contributed by atoms with Crippen LogP contribution < -0.4 is 5.32 Å². The standard InChI is InChI=1S/C13H19N5/c1-10(2)4-14-6-12-7-16-13(8-15-12)18-9-11(3)5-17-18/h5,7-10,14H,4,6H2,1-3H3. The Morgan fingerprint density at radius 1 is 1.22 bits per heavy atom. The van der Waals surface area contributed by atoms with E-state index in [2.05, 4.69) is 34.2 Å². The van der Waals surface area contributed by atoms with Crippen LogP contribution in [0.4, 0.5) is 0 Å². The molecule has 5 heteroatoms. The van der Waals surface area contributed by atoms with Gasteiger partial charge in [-0.3, -0.25) is 4.98 Å². The number of nitrogens with zero attached hydrogens (tertiary/aromatic N) is 4. The van der Waals surface area contributed by atoms with Gasteiger partial charge in [0, 0.05) is 12.7 Å². The SMILES string of the molecule is Cc1cnn(-c2cnc(CNCC(C)C)cn2)c1. The molecular weight excluding hydrogens is 226 g/mol. The van der Waals surface area contributed by atoms with Crippen molar-refractivity contribution in [3.8, 4) is 5.82 Å². The Bertz CT molecular complexity index is 486. The Hall–Kier alpha value is -1.75. The van der Waals surface area contributed by atoms with Gasteiger partial charge in [-0.05, 0) is 24.9 Å². The van der Waals surface area contributed by atoms with Crippen molar-refractivity contribution in [1.29, 1.82) is 0 Å². The maximum atomic E-state index is 4.38. The largest absolute Gasteiger partial charge is 0.311 e. The highest BCUT2D eigenvalue weighted by Gasteiger charge is 2.01. The number of aryl methyl sites for hydroxylation is 1. The van der Waals surface area contributed by atoms with E-state index in [4.69, 9.17) is 0 Å². The van der Waals surface area contributed by atoms with Crippen molar-refractivity contribution in [3.05, 3.63) is 36.0 Å². The minimum absolute atomic E-state index is 0.643. The lowest BCUT2D eigenvalue weighted by Gasteiger charge is -2.07. The summed E-state index contributed by atoms with van der Waals surface area (Å²) in [7, 11) is 0. The first kappa shape index (κ1) is 12.7. The number of hydrogen-bond acceptors (Lipinski definition) is 4. The molecule has 0 radical (unpaired) electrons. The molecule has 0 spiro atoms.